The molecule has 3 atom stereocenters. The Balaban J connectivity index is 2.07. The minimum absolute atomic E-state index is 0.0239. The summed E-state index contributed by atoms with van der Waals surface area (Å²) in [5, 5.41) is 3.21. The van der Waals surface area contributed by atoms with E-state index in [0.717, 1.165) is 32.4 Å². The van der Waals surface area contributed by atoms with Gasteiger partial charge >= 0.3 is 0 Å². The predicted molar refractivity (Wildman–Crippen MR) is 87.4 cm³/mol. The number of carbonyl (C=O) groups is 1. The summed E-state index contributed by atoms with van der Waals surface area (Å²) in [5.74, 6) is 0.322. The first kappa shape index (κ1) is 16.8. The average Bonchev–Trinajstić information content (AvgIpc) is 2.79. The fourth-order valence-corrected chi connectivity index (χ4v) is 3.94. The molecule has 0 saturated carbocycles. The Hall–Kier alpha value is -0.610. The van der Waals surface area contributed by atoms with Gasteiger partial charge < -0.3 is 10.2 Å². The van der Waals surface area contributed by atoms with Crippen molar-refractivity contribution < 1.29 is 4.79 Å². The van der Waals surface area contributed by atoms with Gasteiger partial charge in [0.05, 0.1) is 6.04 Å². The number of carbonyl (C=O) groups excluding carboxylic acids is 1. The second kappa shape index (κ2) is 8.14. The van der Waals surface area contributed by atoms with Crippen LogP contribution in [0.3, 0.4) is 0 Å². The van der Waals surface area contributed by atoms with Gasteiger partial charge in [-0.15, -0.1) is 0 Å². The van der Waals surface area contributed by atoms with Gasteiger partial charge in [0.1, 0.15) is 0 Å². The van der Waals surface area contributed by atoms with Crippen molar-refractivity contribution in [2.45, 2.75) is 76.9 Å². The van der Waals surface area contributed by atoms with Gasteiger partial charge in [0, 0.05) is 18.6 Å². The SMILES string of the molecule is CCN1CCCCCC1CN1C(=O)C(NC)CCCC1C. The summed E-state index contributed by atoms with van der Waals surface area (Å²) < 4.78 is 0. The number of hydrogen-bond acceptors (Lipinski definition) is 3. The molecule has 0 spiro atoms. The van der Waals surface area contributed by atoms with Gasteiger partial charge in [0.15, 0.2) is 0 Å². The van der Waals surface area contributed by atoms with Crippen molar-refractivity contribution in [3.8, 4) is 0 Å². The van der Waals surface area contributed by atoms with E-state index in [1.165, 1.54) is 32.2 Å². The second-order valence-electron chi connectivity index (χ2n) is 6.74. The Morgan fingerprint density at radius 1 is 1.14 bits per heavy atom. The molecule has 4 heteroatoms. The van der Waals surface area contributed by atoms with Crippen LogP contribution in [0.15, 0.2) is 0 Å². The Morgan fingerprint density at radius 2 is 1.95 bits per heavy atom. The molecule has 0 bridgehead atoms. The van der Waals surface area contributed by atoms with E-state index in [4.69, 9.17) is 0 Å². The zero-order valence-corrected chi connectivity index (χ0v) is 14.1. The van der Waals surface area contributed by atoms with E-state index in [1.54, 1.807) is 0 Å². The van der Waals surface area contributed by atoms with E-state index in [1.807, 2.05) is 7.05 Å². The van der Waals surface area contributed by atoms with Crippen LogP contribution in [0.2, 0.25) is 0 Å². The lowest BCUT2D eigenvalue weighted by molar-refractivity contribution is -0.135. The van der Waals surface area contributed by atoms with Crippen LogP contribution in [-0.4, -0.2) is 60.5 Å². The van der Waals surface area contributed by atoms with Crippen molar-refractivity contribution in [2.24, 2.45) is 0 Å². The van der Waals surface area contributed by atoms with Gasteiger partial charge in [0.2, 0.25) is 5.91 Å². The maximum Gasteiger partial charge on any atom is 0.239 e. The number of likely N-dealkylation sites (tertiary alicyclic amines) is 2. The molecule has 21 heavy (non-hydrogen) atoms. The van der Waals surface area contributed by atoms with Gasteiger partial charge in [0.25, 0.3) is 0 Å². The van der Waals surface area contributed by atoms with Gasteiger partial charge in [-0.1, -0.05) is 19.8 Å². The maximum absolute atomic E-state index is 12.8. The second-order valence-corrected chi connectivity index (χ2v) is 6.74. The van der Waals surface area contributed by atoms with Gasteiger partial charge in [-0.05, 0) is 59.2 Å². The minimum atomic E-state index is 0.0239. The molecule has 2 aliphatic rings. The van der Waals surface area contributed by atoms with Crippen LogP contribution in [0.25, 0.3) is 0 Å². The van der Waals surface area contributed by atoms with Crippen LogP contribution < -0.4 is 5.32 Å². The monoisotopic (exact) mass is 295 g/mol. The number of nitrogens with zero attached hydrogens (tertiary/aromatic N) is 2. The smallest absolute Gasteiger partial charge is 0.239 e. The predicted octanol–water partition coefficient (Wildman–Crippen LogP) is 2.24. The Kier molecular flexibility index (Phi) is 6.49. The summed E-state index contributed by atoms with van der Waals surface area (Å²) >= 11 is 0. The number of likely N-dealkylation sites (N-methyl/N-ethyl adjacent to an activating group) is 2. The van der Waals surface area contributed by atoms with Crippen molar-refractivity contribution in [1.82, 2.24) is 15.1 Å². The van der Waals surface area contributed by atoms with Crippen LogP contribution in [0.5, 0.6) is 0 Å². The fraction of sp³-hybridized carbons (Fsp3) is 0.941. The molecule has 122 valence electrons. The number of hydrogen-bond donors (Lipinski definition) is 1. The van der Waals surface area contributed by atoms with Crippen molar-refractivity contribution in [3.05, 3.63) is 0 Å². The van der Waals surface area contributed by atoms with Gasteiger partial charge in [-0.2, -0.15) is 0 Å². The normalized spacial score (nSPS) is 32.8. The summed E-state index contributed by atoms with van der Waals surface area (Å²) in [5.41, 5.74) is 0. The molecule has 3 unspecified atom stereocenters. The van der Waals surface area contributed by atoms with E-state index in [0.29, 0.717) is 18.0 Å². The summed E-state index contributed by atoms with van der Waals surface area (Å²) in [4.78, 5) is 17.5. The molecular formula is C17H33N3O. The number of amides is 1. The molecule has 0 aromatic carbocycles. The molecular weight excluding hydrogens is 262 g/mol. The highest BCUT2D eigenvalue weighted by Crippen LogP contribution is 2.22. The minimum Gasteiger partial charge on any atom is -0.337 e. The van der Waals surface area contributed by atoms with E-state index in [9.17, 15) is 4.79 Å². The molecule has 1 N–H and O–H groups in total. The molecule has 0 radical (unpaired) electrons. The van der Waals surface area contributed by atoms with Crippen molar-refractivity contribution in [1.29, 1.82) is 0 Å². The summed E-state index contributed by atoms with van der Waals surface area (Å²) in [6, 6.07) is 0.966. The van der Waals surface area contributed by atoms with E-state index in [2.05, 4.69) is 29.0 Å². The molecule has 0 aromatic heterocycles. The average molecular weight is 295 g/mol. The topological polar surface area (TPSA) is 35.6 Å². The Labute approximate surface area is 130 Å². The molecule has 2 aliphatic heterocycles. The maximum atomic E-state index is 12.8. The first-order valence-corrected chi connectivity index (χ1v) is 8.89. The lowest BCUT2D eigenvalue weighted by Crippen LogP contribution is -2.52. The van der Waals surface area contributed by atoms with Crippen molar-refractivity contribution >= 4 is 5.91 Å². The molecule has 2 heterocycles. The lowest BCUT2D eigenvalue weighted by Gasteiger charge is -2.37. The third-order valence-electron chi connectivity index (χ3n) is 5.39. The van der Waals surface area contributed by atoms with Crippen molar-refractivity contribution in [2.75, 3.05) is 26.7 Å². The van der Waals surface area contributed by atoms with Gasteiger partial charge in [-0.3, -0.25) is 9.69 Å². The van der Waals surface area contributed by atoms with Crippen LogP contribution in [0.1, 0.15) is 58.8 Å². The lowest BCUT2D eigenvalue weighted by atomic mass is 10.1. The van der Waals surface area contributed by atoms with Crippen LogP contribution in [-0.2, 0) is 4.79 Å². The molecule has 0 aromatic rings. The zero-order chi connectivity index (χ0) is 15.2. The van der Waals surface area contributed by atoms with Crippen molar-refractivity contribution in [3.63, 3.8) is 0 Å². The summed E-state index contributed by atoms with van der Waals surface area (Å²) in [6.07, 6.45) is 8.49. The Morgan fingerprint density at radius 3 is 2.67 bits per heavy atom. The van der Waals surface area contributed by atoms with Crippen LogP contribution >= 0.6 is 0 Å². The summed E-state index contributed by atoms with van der Waals surface area (Å²) in [7, 11) is 1.92. The van der Waals surface area contributed by atoms with Crippen LogP contribution in [0, 0.1) is 0 Å². The molecule has 0 aliphatic carbocycles. The fourth-order valence-electron chi connectivity index (χ4n) is 3.94. The van der Waals surface area contributed by atoms with Gasteiger partial charge in [-0.25, -0.2) is 0 Å². The highest BCUT2D eigenvalue weighted by molar-refractivity contribution is 5.82. The van der Waals surface area contributed by atoms with E-state index < -0.39 is 0 Å². The molecule has 2 rings (SSSR count). The van der Waals surface area contributed by atoms with E-state index in [-0.39, 0.29) is 6.04 Å². The highest BCUT2D eigenvalue weighted by Gasteiger charge is 2.32. The van der Waals surface area contributed by atoms with Crippen LogP contribution in [0.4, 0.5) is 0 Å². The third kappa shape index (κ3) is 4.19. The molecule has 2 fully saturated rings. The Bertz CT molecular complexity index is 334. The van der Waals surface area contributed by atoms with E-state index >= 15 is 0 Å². The standard InChI is InChI=1S/C17H33N3O/c1-4-19-12-7-5-6-10-15(19)13-20-14(2)9-8-11-16(18-3)17(20)21/h14-16,18H,4-13H2,1-3H3. The largest absolute Gasteiger partial charge is 0.337 e. The summed E-state index contributed by atoms with van der Waals surface area (Å²) in [6.45, 7) is 7.71. The molecule has 4 nitrogen and oxygen atoms in total. The quantitative estimate of drug-likeness (QED) is 0.864. The zero-order valence-electron chi connectivity index (χ0n) is 14.1. The number of rotatable bonds is 4. The molecule has 1 amide bonds. The number of nitrogens with one attached hydrogen (secondary N) is 1. The first-order valence-electron chi connectivity index (χ1n) is 8.89. The third-order valence-corrected chi connectivity index (χ3v) is 5.39. The highest BCUT2D eigenvalue weighted by atomic mass is 16.2. The first-order chi connectivity index (χ1) is 10.2. The molecule has 2 saturated heterocycles.